The molecule has 1 aromatic rings. The van der Waals surface area contributed by atoms with E-state index < -0.39 is 21.2 Å². The average Bonchev–Trinajstić information content (AvgIpc) is 2.48. The molecule has 120 valence electrons. The fourth-order valence-corrected chi connectivity index (χ4v) is 4.03. The Bertz CT molecular complexity index is 511. The topological polar surface area (TPSA) is 77.3 Å². The van der Waals surface area contributed by atoms with Gasteiger partial charge in [-0.05, 0) is 31.1 Å². The first-order valence-electron chi connectivity index (χ1n) is 7.46. The minimum Gasteiger partial charge on any atom is -0.504 e. The number of hydrogen-bond donors (Lipinski definition) is 0. The molecule has 0 aliphatic heterocycles. The van der Waals surface area contributed by atoms with Gasteiger partial charge in [-0.15, -0.1) is 0 Å². The van der Waals surface area contributed by atoms with Crippen LogP contribution in [-0.4, -0.2) is 21.2 Å². The van der Waals surface area contributed by atoms with Crippen molar-refractivity contribution in [2.75, 3.05) is 0 Å². The lowest BCUT2D eigenvalue weighted by molar-refractivity contribution is 0.200. The number of amides is 2. The molecular weight excluding hydrogens is 300 g/mol. The Labute approximate surface area is 132 Å². The SMILES string of the molecule is CCC[SiH](CCC)OC(=O)N=NC(=O)Oc1ccc(C)cc1. The summed E-state index contributed by atoms with van der Waals surface area (Å²) in [7, 11) is -1.58. The zero-order chi connectivity index (χ0) is 16.4. The standard InChI is InChI=1S/C15H22N2O4Si/c1-4-10-22(11-5-2)21-15(19)17-16-14(18)20-13-8-6-12(3)7-9-13/h6-9,22H,4-5,10-11H2,1-3H3. The Morgan fingerprint density at radius 1 is 1.00 bits per heavy atom. The molecule has 7 heteroatoms. The van der Waals surface area contributed by atoms with Crippen LogP contribution in [0.25, 0.3) is 0 Å². The molecule has 0 saturated heterocycles. The summed E-state index contributed by atoms with van der Waals surface area (Å²) in [5.74, 6) is 0.354. The highest BCUT2D eigenvalue weighted by molar-refractivity contribution is 6.53. The van der Waals surface area contributed by atoms with E-state index in [0.29, 0.717) is 5.75 Å². The van der Waals surface area contributed by atoms with Crippen LogP contribution in [0.1, 0.15) is 32.3 Å². The molecule has 0 fully saturated rings. The summed E-state index contributed by atoms with van der Waals surface area (Å²) in [5, 5.41) is 6.49. The molecule has 22 heavy (non-hydrogen) atoms. The van der Waals surface area contributed by atoms with Crippen LogP contribution in [0.2, 0.25) is 12.1 Å². The number of nitrogens with zero attached hydrogens (tertiary/aromatic N) is 2. The molecule has 6 nitrogen and oxygen atoms in total. The Balaban J connectivity index is 2.46. The van der Waals surface area contributed by atoms with Crippen molar-refractivity contribution in [1.29, 1.82) is 0 Å². The minimum atomic E-state index is -1.58. The molecule has 0 aliphatic carbocycles. The van der Waals surface area contributed by atoms with Crippen molar-refractivity contribution in [3.8, 4) is 5.75 Å². The maximum Gasteiger partial charge on any atom is 0.458 e. The fraction of sp³-hybridized carbons (Fsp3) is 0.467. The summed E-state index contributed by atoms with van der Waals surface area (Å²) in [6.07, 6.45) is 0.192. The number of ether oxygens (including phenoxy) is 1. The Hall–Kier alpha value is -2.02. The third kappa shape index (κ3) is 7.12. The number of carbonyl (C=O) groups is 2. The zero-order valence-electron chi connectivity index (χ0n) is 13.2. The predicted molar refractivity (Wildman–Crippen MR) is 85.9 cm³/mol. The van der Waals surface area contributed by atoms with Gasteiger partial charge in [-0.3, -0.25) is 0 Å². The summed E-state index contributed by atoms with van der Waals surface area (Å²) in [4.78, 5) is 23.0. The maximum atomic E-state index is 11.5. The molecule has 0 unspecified atom stereocenters. The predicted octanol–water partition coefficient (Wildman–Crippen LogP) is 4.63. The third-order valence-corrected chi connectivity index (χ3v) is 5.91. The van der Waals surface area contributed by atoms with Crippen LogP contribution in [0.4, 0.5) is 9.59 Å². The highest BCUT2D eigenvalue weighted by Crippen LogP contribution is 2.12. The van der Waals surface area contributed by atoms with E-state index in [4.69, 9.17) is 9.16 Å². The van der Waals surface area contributed by atoms with Gasteiger partial charge < -0.3 is 9.16 Å². The van der Waals surface area contributed by atoms with Crippen LogP contribution in [0.3, 0.4) is 0 Å². The Morgan fingerprint density at radius 2 is 1.55 bits per heavy atom. The number of benzene rings is 1. The van der Waals surface area contributed by atoms with Crippen molar-refractivity contribution in [2.45, 2.75) is 45.7 Å². The molecule has 1 rings (SSSR count). The summed E-state index contributed by atoms with van der Waals surface area (Å²) >= 11 is 0. The van der Waals surface area contributed by atoms with E-state index in [1.165, 1.54) is 0 Å². The normalized spacial score (nSPS) is 10.9. The molecule has 0 saturated carbocycles. The average molecular weight is 322 g/mol. The lowest BCUT2D eigenvalue weighted by Gasteiger charge is -2.11. The van der Waals surface area contributed by atoms with Gasteiger partial charge in [0, 0.05) is 0 Å². The van der Waals surface area contributed by atoms with E-state index in [2.05, 4.69) is 10.2 Å². The van der Waals surface area contributed by atoms with Gasteiger partial charge in [-0.1, -0.05) is 54.6 Å². The number of azo groups is 1. The van der Waals surface area contributed by atoms with E-state index in [9.17, 15) is 9.59 Å². The highest BCUT2D eigenvalue weighted by Gasteiger charge is 2.15. The lowest BCUT2D eigenvalue weighted by atomic mass is 10.2. The number of rotatable bonds is 6. The van der Waals surface area contributed by atoms with Crippen LogP contribution in [0, 0.1) is 6.92 Å². The molecule has 0 spiro atoms. The monoisotopic (exact) mass is 322 g/mol. The Morgan fingerprint density at radius 3 is 2.09 bits per heavy atom. The zero-order valence-corrected chi connectivity index (χ0v) is 14.4. The molecule has 2 amide bonds. The van der Waals surface area contributed by atoms with Crippen LogP contribution in [0.5, 0.6) is 5.75 Å². The third-order valence-electron chi connectivity index (χ3n) is 2.93. The smallest absolute Gasteiger partial charge is 0.458 e. The molecule has 0 atom stereocenters. The first-order chi connectivity index (χ1) is 10.5. The maximum absolute atomic E-state index is 11.5. The van der Waals surface area contributed by atoms with Crippen molar-refractivity contribution >= 4 is 21.2 Å². The van der Waals surface area contributed by atoms with E-state index >= 15 is 0 Å². The van der Waals surface area contributed by atoms with E-state index in [1.54, 1.807) is 24.3 Å². The van der Waals surface area contributed by atoms with Gasteiger partial charge in [0.1, 0.15) is 5.75 Å². The minimum absolute atomic E-state index is 0.354. The van der Waals surface area contributed by atoms with Crippen molar-refractivity contribution in [3.63, 3.8) is 0 Å². The van der Waals surface area contributed by atoms with Gasteiger partial charge in [-0.25, -0.2) is 9.59 Å². The molecule has 0 aromatic heterocycles. The van der Waals surface area contributed by atoms with Gasteiger partial charge >= 0.3 is 12.2 Å². The van der Waals surface area contributed by atoms with Crippen molar-refractivity contribution < 1.29 is 18.8 Å². The van der Waals surface area contributed by atoms with Gasteiger partial charge in [0.2, 0.25) is 9.04 Å². The molecule has 0 radical (unpaired) electrons. The summed E-state index contributed by atoms with van der Waals surface area (Å²) in [6, 6.07) is 8.71. The second-order valence-electron chi connectivity index (χ2n) is 4.96. The number of hydrogen-bond acceptors (Lipinski definition) is 4. The van der Waals surface area contributed by atoms with Crippen LogP contribution < -0.4 is 4.74 Å². The number of aryl methyl sites for hydroxylation is 1. The van der Waals surface area contributed by atoms with Gasteiger partial charge in [-0.2, -0.15) is 0 Å². The van der Waals surface area contributed by atoms with Gasteiger partial charge in [0.15, 0.2) is 0 Å². The lowest BCUT2D eigenvalue weighted by Crippen LogP contribution is -2.20. The van der Waals surface area contributed by atoms with Crippen LogP contribution in [0.15, 0.2) is 34.5 Å². The van der Waals surface area contributed by atoms with E-state index in [1.807, 2.05) is 20.8 Å². The second-order valence-corrected chi connectivity index (χ2v) is 7.60. The second kappa shape index (κ2) is 9.83. The van der Waals surface area contributed by atoms with Crippen molar-refractivity contribution in [2.24, 2.45) is 10.2 Å². The fourth-order valence-electron chi connectivity index (χ4n) is 1.88. The van der Waals surface area contributed by atoms with Crippen molar-refractivity contribution in [3.05, 3.63) is 29.8 Å². The molecule has 0 N–H and O–H groups in total. The number of carbonyl (C=O) groups excluding carboxylic acids is 2. The quantitative estimate of drug-likeness (QED) is 0.565. The van der Waals surface area contributed by atoms with Gasteiger partial charge in [0.25, 0.3) is 0 Å². The van der Waals surface area contributed by atoms with Crippen molar-refractivity contribution in [1.82, 2.24) is 0 Å². The molecular formula is C15H22N2O4Si. The molecule has 0 aliphatic rings. The molecule has 0 bridgehead atoms. The Kier molecular flexibility index (Phi) is 8.06. The van der Waals surface area contributed by atoms with E-state index in [0.717, 1.165) is 30.5 Å². The first kappa shape index (κ1) is 18.0. The summed E-state index contributed by atoms with van der Waals surface area (Å²) in [5.41, 5.74) is 1.05. The molecule has 1 aromatic carbocycles. The summed E-state index contributed by atoms with van der Waals surface area (Å²) < 4.78 is 10.2. The largest absolute Gasteiger partial charge is 0.504 e. The van der Waals surface area contributed by atoms with Gasteiger partial charge in [0.05, 0.1) is 0 Å². The van der Waals surface area contributed by atoms with E-state index in [-0.39, 0.29) is 0 Å². The summed E-state index contributed by atoms with van der Waals surface area (Å²) in [6.45, 7) is 6.02. The first-order valence-corrected chi connectivity index (χ1v) is 9.56. The highest BCUT2D eigenvalue weighted by atomic mass is 28.3. The van der Waals surface area contributed by atoms with Crippen LogP contribution >= 0.6 is 0 Å². The van der Waals surface area contributed by atoms with Crippen LogP contribution in [-0.2, 0) is 4.43 Å². The molecule has 0 heterocycles.